The lowest BCUT2D eigenvalue weighted by molar-refractivity contribution is 0.304. The fourth-order valence-corrected chi connectivity index (χ4v) is 10.6. The van der Waals surface area contributed by atoms with Crippen LogP contribution in [0.3, 0.4) is 0 Å². The highest BCUT2D eigenvalue weighted by atomic mass is 79.9. The molecule has 4 N–H and O–H groups in total. The molecule has 76 heavy (non-hydrogen) atoms. The maximum atomic E-state index is 6.35. The van der Waals surface area contributed by atoms with Crippen molar-refractivity contribution in [1.82, 2.24) is 19.9 Å². The van der Waals surface area contributed by atoms with Gasteiger partial charge in [-0.2, -0.15) is 0 Å². The van der Waals surface area contributed by atoms with Crippen molar-refractivity contribution < 1.29 is 18.9 Å². The first-order valence-corrected chi connectivity index (χ1v) is 30.8. The Labute approximate surface area is 473 Å². The lowest BCUT2D eigenvalue weighted by Crippen LogP contribution is -2.19. The van der Waals surface area contributed by atoms with Gasteiger partial charge in [0.25, 0.3) is 0 Å². The number of fused-ring (bicyclic) bond motifs is 8. The topological polar surface area (TPSA) is 100 Å². The van der Waals surface area contributed by atoms with Gasteiger partial charge in [-0.15, -0.1) is 0 Å². The zero-order chi connectivity index (χ0) is 52.3. The Balaban J connectivity index is 1.16. The SMILES string of the molecule is CCCCCCCCCCCCOc1ccc(C2=c3ccc([nH]3)=C(c3ccc(OCCCBr)cc3)c3ccc([nH]3)C(c3ccc(OCCCBr)cc3)=c3ccc([nH]3)=C(c3ccc(OCCCBr)cc3)c3ccc2[nH]3)cc1. The van der Waals surface area contributed by atoms with Gasteiger partial charge in [-0.05, 0) is 145 Å². The van der Waals surface area contributed by atoms with Crippen LogP contribution in [0.2, 0.25) is 0 Å². The highest BCUT2D eigenvalue weighted by Gasteiger charge is 2.19. The fraction of sp³-hybridized carbons (Fsp3) is 0.323. The van der Waals surface area contributed by atoms with Gasteiger partial charge in [-0.25, -0.2) is 0 Å². The summed E-state index contributed by atoms with van der Waals surface area (Å²) in [7, 11) is 0. The van der Waals surface area contributed by atoms with E-state index in [1.54, 1.807) is 0 Å². The molecular weight excluding hydrogens is 1140 g/mol. The summed E-state index contributed by atoms with van der Waals surface area (Å²) in [6.45, 7) is 4.94. The number of nitrogens with one attached hydrogen (secondary N) is 4. The average molecular weight is 1210 g/mol. The molecule has 0 unspecified atom stereocenters. The van der Waals surface area contributed by atoms with Crippen LogP contribution >= 0.6 is 47.8 Å². The maximum Gasteiger partial charge on any atom is 0.119 e. The zero-order valence-electron chi connectivity index (χ0n) is 43.8. The maximum absolute atomic E-state index is 6.35. The summed E-state index contributed by atoms with van der Waals surface area (Å²) in [5.74, 6) is 3.41. The molecule has 0 radical (unpaired) electrons. The second kappa shape index (κ2) is 28.5. The summed E-state index contributed by atoms with van der Waals surface area (Å²) in [6.07, 6.45) is 15.8. The van der Waals surface area contributed by atoms with Crippen LogP contribution in [0.15, 0.2) is 146 Å². The minimum atomic E-state index is 0.646. The summed E-state index contributed by atoms with van der Waals surface area (Å²) in [5.41, 5.74) is 12.3. The van der Waals surface area contributed by atoms with Crippen LogP contribution in [0.4, 0.5) is 0 Å². The summed E-state index contributed by atoms with van der Waals surface area (Å²) < 4.78 is 24.7. The first kappa shape index (κ1) is 54.9. The molecule has 4 aromatic carbocycles. The van der Waals surface area contributed by atoms with Crippen LogP contribution in [0, 0.1) is 0 Å². The third kappa shape index (κ3) is 14.4. The first-order chi connectivity index (χ1) is 37.5. The van der Waals surface area contributed by atoms with E-state index in [9.17, 15) is 0 Å². The summed E-state index contributed by atoms with van der Waals surface area (Å²) in [6, 6.07) is 51.5. The number of halogens is 3. The number of rotatable bonds is 28. The van der Waals surface area contributed by atoms with Gasteiger partial charge < -0.3 is 38.9 Å². The molecule has 8 nitrogen and oxygen atoms in total. The van der Waals surface area contributed by atoms with E-state index < -0.39 is 0 Å². The van der Waals surface area contributed by atoms with Crippen LogP contribution in [0.25, 0.3) is 22.3 Å². The minimum Gasteiger partial charge on any atom is -0.494 e. The van der Waals surface area contributed by atoms with Gasteiger partial charge >= 0.3 is 0 Å². The number of hydrogen-bond donors (Lipinski definition) is 4. The predicted octanol–water partition coefficient (Wildman–Crippen LogP) is 14.1. The van der Waals surface area contributed by atoms with Crippen molar-refractivity contribution in [2.75, 3.05) is 42.4 Å². The molecule has 0 saturated heterocycles. The van der Waals surface area contributed by atoms with Crippen molar-refractivity contribution in [2.24, 2.45) is 0 Å². The number of benzene rings is 4. The monoisotopic (exact) mass is 1210 g/mol. The molecule has 5 heterocycles. The zero-order valence-corrected chi connectivity index (χ0v) is 48.5. The fourth-order valence-electron chi connectivity index (χ4n) is 9.96. The largest absolute Gasteiger partial charge is 0.494 e. The van der Waals surface area contributed by atoms with Gasteiger partial charge in [-0.1, -0.05) is 161 Å². The van der Waals surface area contributed by atoms with E-state index >= 15 is 0 Å². The molecule has 396 valence electrons. The molecule has 8 aromatic rings. The van der Waals surface area contributed by atoms with Crippen LogP contribution < -0.4 is 40.3 Å². The van der Waals surface area contributed by atoms with E-state index in [-0.39, 0.29) is 0 Å². The molecule has 0 amide bonds. The van der Waals surface area contributed by atoms with Gasteiger partial charge in [0.15, 0.2) is 0 Å². The van der Waals surface area contributed by atoms with Gasteiger partial charge in [0.1, 0.15) is 23.0 Å². The second-order valence-corrected chi connectivity index (χ2v) is 21.8. The molecule has 11 heteroatoms. The van der Waals surface area contributed by atoms with E-state index in [1.165, 1.54) is 57.8 Å². The average Bonchev–Trinajstić information content (AvgIpc) is 4.31. The molecular formula is C65H71Br3N4O4. The smallest absolute Gasteiger partial charge is 0.119 e. The Bertz CT molecular complexity index is 3310. The van der Waals surface area contributed by atoms with Crippen LogP contribution in [-0.4, -0.2) is 62.4 Å². The molecule has 4 aromatic heterocycles. The molecule has 8 bridgehead atoms. The third-order valence-corrected chi connectivity index (χ3v) is 15.6. The molecule has 0 atom stereocenters. The third-order valence-electron chi connectivity index (χ3n) is 13.9. The van der Waals surface area contributed by atoms with E-state index in [4.69, 9.17) is 18.9 Å². The van der Waals surface area contributed by atoms with E-state index in [2.05, 4.69) is 220 Å². The number of unbranched alkanes of at least 4 members (excludes halogenated alkanes) is 9. The lowest BCUT2D eigenvalue weighted by atomic mass is 10.0. The Morgan fingerprint density at radius 3 is 0.789 bits per heavy atom. The number of ether oxygens (including phenoxy) is 4. The minimum absolute atomic E-state index is 0.646. The Morgan fingerprint density at radius 2 is 0.526 bits per heavy atom. The summed E-state index contributed by atoms with van der Waals surface area (Å²) >= 11 is 10.6. The Morgan fingerprint density at radius 1 is 0.276 bits per heavy atom. The summed E-state index contributed by atoms with van der Waals surface area (Å²) in [4.78, 5) is 15.7. The number of hydrogen-bond acceptors (Lipinski definition) is 4. The molecule has 0 fully saturated rings. The van der Waals surface area contributed by atoms with E-state index in [0.29, 0.717) is 19.8 Å². The van der Waals surface area contributed by atoms with Crippen LogP contribution in [-0.2, 0) is 0 Å². The quantitative estimate of drug-likeness (QED) is 0.0290. The van der Waals surface area contributed by atoms with Gasteiger partial charge in [0.05, 0.1) is 26.4 Å². The van der Waals surface area contributed by atoms with Crippen molar-refractivity contribution in [1.29, 1.82) is 0 Å². The van der Waals surface area contributed by atoms with E-state index in [1.807, 2.05) is 0 Å². The molecule has 0 aliphatic carbocycles. The number of aromatic amines is 4. The molecule has 9 rings (SSSR count). The first-order valence-electron chi connectivity index (χ1n) is 27.4. The van der Waals surface area contributed by atoms with Crippen LogP contribution in [0.5, 0.6) is 23.0 Å². The van der Waals surface area contributed by atoms with Crippen molar-refractivity contribution in [3.05, 3.63) is 212 Å². The molecule has 0 saturated carbocycles. The van der Waals surface area contributed by atoms with Crippen molar-refractivity contribution in [2.45, 2.75) is 90.4 Å². The molecule has 1 aliphatic heterocycles. The van der Waals surface area contributed by atoms with Crippen LogP contribution in [0.1, 0.15) is 135 Å². The highest BCUT2D eigenvalue weighted by Crippen LogP contribution is 2.31. The predicted molar refractivity (Wildman–Crippen MR) is 323 cm³/mol. The number of H-pyrrole nitrogens is 4. The Hall–Kier alpha value is -5.88. The van der Waals surface area contributed by atoms with Crippen molar-refractivity contribution in [3.8, 4) is 23.0 Å². The number of aromatic nitrogens is 4. The van der Waals surface area contributed by atoms with Gasteiger partial charge in [-0.3, -0.25) is 0 Å². The van der Waals surface area contributed by atoms with E-state index in [0.717, 1.165) is 160 Å². The van der Waals surface area contributed by atoms with Gasteiger partial charge in [0.2, 0.25) is 0 Å². The second-order valence-electron chi connectivity index (χ2n) is 19.4. The van der Waals surface area contributed by atoms with Crippen molar-refractivity contribution in [3.63, 3.8) is 0 Å². The summed E-state index contributed by atoms with van der Waals surface area (Å²) in [5, 5.41) is 6.59. The highest BCUT2D eigenvalue weighted by molar-refractivity contribution is 9.09. The Kier molecular flexibility index (Phi) is 20.6. The molecule has 0 spiro atoms. The standard InChI is InChI=1S/C65H71Br3N4O4/c1-2-3-4-5-6-7-8-9-10-11-42-73-50-23-15-46(16-24-50)62-54-31-33-56(69-54)63(47-17-25-51(26-18-47)74-43-12-39-66)58-35-37-60(71-58)65(49-21-29-53(30-22-49)76-45-14-41-68)61-38-36-59(72-61)64(57-34-32-55(62)70-57)48-19-27-52(28-20-48)75-44-13-40-67/h15-38,69-72H,2-14,39-45H2,1H3. The normalized spacial score (nSPS) is 12.4. The number of alkyl halides is 3. The molecule has 1 aliphatic rings. The van der Waals surface area contributed by atoms with Crippen molar-refractivity contribution >= 4 is 70.1 Å². The lowest BCUT2D eigenvalue weighted by Gasteiger charge is -2.12. The van der Waals surface area contributed by atoms with Gasteiger partial charge in [0, 0.05) is 82.5 Å².